The van der Waals surface area contributed by atoms with Crippen molar-refractivity contribution in [3.05, 3.63) is 0 Å². The molecule has 1 unspecified atom stereocenters. The van der Waals surface area contributed by atoms with Crippen LogP contribution in [0.1, 0.15) is 20.8 Å². The van der Waals surface area contributed by atoms with Gasteiger partial charge in [0.15, 0.2) is 5.84 Å². The fourth-order valence-electron chi connectivity index (χ4n) is 1.21. The Hall–Kier alpha value is -1.26. The van der Waals surface area contributed by atoms with Crippen LogP contribution in [0.15, 0.2) is 5.16 Å². The molecular formula is C9H19N3O2. The molecule has 0 aliphatic rings. The fraction of sp³-hybridized carbons (Fsp3) is 0.778. The zero-order valence-corrected chi connectivity index (χ0v) is 9.19. The number of oxime groups is 1. The van der Waals surface area contributed by atoms with Crippen LogP contribution < -0.4 is 5.73 Å². The molecule has 0 fully saturated rings. The summed E-state index contributed by atoms with van der Waals surface area (Å²) in [4.78, 5) is 13.3. The van der Waals surface area contributed by atoms with Crippen molar-refractivity contribution in [2.75, 3.05) is 13.6 Å². The molecule has 0 saturated carbocycles. The highest BCUT2D eigenvalue weighted by atomic mass is 16.4. The van der Waals surface area contributed by atoms with Crippen LogP contribution in [0.2, 0.25) is 0 Å². The maximum atomic E-state index is 11.8. The van der Waals surface area contributed by atoms with Gasteiger partial charge in [0.2, 0.25) is 5.91 Å². The Balaban J connectivity index is 4.76. The number of hydrogen-bond donors (Lipinski definition) is 2. The van der Waals surface area contributed by atoms with Gasteiger partial charge in [0, 0.05) is 13.6 Å². The minimum Gasteiger partial charge on any atom is -0.409 e. The topological polar surface area (TPSA) is 78.9 Å². The number of rotatable bonds is 4. The number of amidine groups is 1. The van der Waals surface area contributed by atoms with Gasteiger partial charge in [-0.05, 0) is 12.8 Å². The summed E-state index contributed by atoms with van der Waals surface area (Å²) >= 11 is 0. The molecule has 5 heteroatoms. The standard InChI is InChI=1S/C9H19N3O2/c1-5-12(4)9(13)7(6(2)3)8(10)11-14/h6-7,14H,5H2,1-4H3,(H2,10,11). The predicted molar refractivity (Wildman–Crippen MR) is 55.0 cm³/mol. The monoisotopic (exact) mass is 201 g/mol. The molecule has 0 aliphatic carbocycles. The second-order valence-electron chi connectivity index (χ2n) is 3.60. The molecule has 0 aromatic carbocycles. The zero-order chi connectivity index (χ0) is 11.3. The molecule has 0 aromatic heterocycles. The summed E-state index contributed by atoms with van der Waals surface area (Å²) in [6.45, 7) is 6.22. The van der Waals surface area contributed by atoms with E-state index in [1.807, 2.05) is 20.8 Å². The Labute approximate surface area is 84.6 Å². The Kier molecular flexibility index (Phi) is 4.97. The molecule has 0 rings (SSSR count). The van der Waals surface area contributed by atoms with E-state index in [1.165, 1.54) is 0 Å². The van der Waals surface area contributed by atoms with Crippen molar-refractivity contribution in [2.45, 2.75) is 20.8 Å². The zero-order valence-electron chi connectivity index (χ0n) is 9.19. The first-order valence-electron chi connectivity index (χ1n) is 4.68. The Morgan fingerprint density at radius 3 is 2.36 bits per heavy atom. The average Bonchev–Trinajstić information content (AvgIpc) is 2.15. The summed E-state index contributed by atoms with van der Waals surface area (Å²) in [5, 5.41) is 11.4. The van der Waals surface area contributed by atoms with Crippen molar-refractivity contribution in [3.8, 4) is 0 Å². The maximum Gasteiger partial charge on any atom is 0.233 e. The van der Waals surface area contributed by atoms with Crippen LogP contribution in [0.4, 0.5) is 0 Å². The summed E-state index contributed by atoms with van der Waals surface area (Å²) in [6.07, 6.45) is 0. The average molecular weight is 201 g/mol. The third-order valence-corrected chi connectivity index (χ3v) is 2.22. The first-order valence-corrected chi connectivity index (χ1v) is 4.68. The minimum absolute atomic E-state index is 0.0207. The van der Waals surface area contributed by atoms with E-state index in [9.17, 15) is 4.79 Å². The van der Waals surface area contributed by atoms with E-state index in [4.69, 9.17) is 10.9 Å². The summed E-state index contributed by atoms with van der Waals surface area (Å²) in [5.74, 6) is -0.652. The Morgan fingerprint density at radius 2 is 2.07 bits per heavy atom. The smallest absolute Gasteiger partial charge is 0.233 e. The largest absolute Gasteiger partial charge is 0.409 e. The molecule has 0 spiro atoms. The van der Waals surface area contributed by atoms with E-state index in [0.29, 0.717) is 6.54 Å². The van der Waals surface area contributed by atoms with Gasteiger partial charge in [-0.3, -0.25) is 4.79 Å². The van der Waals surface area contributed by atoms with Gasteiger partial charge in [-0.15, -0.1) is 0 Å². The van der Waals surface area contributed by atoms with Gasteiger partial charge in [0.05, 0.1) is 0 Å². The van der Waals surface area contributed by atoms with Gasteiger partial charge in [-0.2, -0.15) is 0 Å². The van der Waals surface area contributed by atoms with Gasteiger partial charge in [0.1, 0.15) is 5.92 Å². The quantitative estimate of drug-likeness (QED) is 0.300. The first-order chi connectivity index (χ1) is 6.45. The molecule has 3 N–H and O–H groups in total. The van der Waals surface area contributed by atoms with Gasteiger partial charge in [-0.25, -0.2) is 0 Å². The molecule has 0 aromatic rings. The highest BCUT2D eigenvalue weighted by Crippen LogP contribution is 2.13. The van der Waals surface area contributed by atoms with Crippen LogP contribution in [0.5, 0.6) is 0 Å². The van der Waals surface area contributed by atoms with E-state index < -0.39 is 5.92 Å². The molecule has 0 radical (unpaired) electrons. The molecule has 0 heterocycles. The molecule has 1 amide bonds. The Morgan fingerprint density at radius 1 is 1.57 bits per heavy atom. The third kappa shape index (κ3) is 2.90. The summed E-state index contributed by atoms with van der Waals surface area (Å²) < 4.78 is 0. The molecule has 82 valence electrons. The van der Waals surface area contributed by atoms with Crippen molar-refractivity contribution in [1.29, 1.82) is 0 Å². The maximum absolute atomic E-state index is 11.8. The third-order valence-electron chi connectivity index (χ3n) is 2.22. The van der Waals surface area contributed by atoms with Crippen molar-refractivity contribution < 1.29 is 10.0 Å². The lowest BCUT2D eigenvalue weighted by Crippen LogP contribution is -2.42. The van der Waals surface area contributed by atoms with Crippen molar-refractivity contribution >= 4 is 11.7 Å². The van der Waals surface area contributed by atoms with Gasteiger partial charge in [0.25, 0.3) is 0 Å². The number of carbonyl (C=O) groups is 1. The molecule has 1 atom stereocenters. The van der Waals surface area contributed by atoms with Crippen LogP contribution in [-0.4, -0.2) is 35.4 Å². The second-order valence-corrected chi connectivity index (χ2v) is 3.60. The predicted octanol–water partition coefficient (Wildman–Crippen LogP) is 0.483. The van der Waals surface area contributed by atoms with Crippen LogP contribution in [0, 0.1) is 11.8 Å². The Bertz CT molecular complexity index is 226. The fourth-order valence-corrected chi connectivity index (χ4v) is 1.21. The van der Waals surface area contributed by atoms with Crippen molar-refractivity contribution in [1.82, 2.24) is 4.90 Å². The van der Waals surface area contributed by atoms with Gasteiger partial charge < -0.3 is 15.8 Å². The minimum atomic E-state index is -0.537. The van der Waals surface area contributed by atoms with E-state index in [-0.39, 0.29) is 17.7 Å². The van der Waals surface area contributed by atoms with Crippen LogP contribution in [-0.2, 0) is 4.79 Å². The molecule has 0 aliphatic heterocycles. The summed E-state index contributed by atoms with van der Waals surface area (Å²) in [6, 6.07) is 0. The van der Waals surface area contributed by atoms with Crippen LogP contribution >= 0.6 is 0 Å². The lowest BCUT2D eigenvalue weighted by atomic mass is 9.93. The summed E-state index contributed by atoms with van der Waals surface area (Å²) in [7, 11) is 1.70. The molecule has 0 saturated heterocycles. The second kappa shape index (κ2) is 5.47. The molecule has 14 heavy (non-hydrogen) atoms. The van der Waals surface area contributed by atoms with Crippen molar-refractivity contribution in [2.24, 2.45) is 22.7 Å². The van der Waals surface area contributed by atoms with Gasteiger partial charge in [-0.1, -0.05) is 19.0 Å². The van der Waals surface area contributed by atoms with Crippen LogP contribution in [0.3, 0.4) is 0 Å². The lowest BCUT2D eigenvalue weighted by molar-refractivity contribution is -0.133. The number of hydrogen-bond acceptors (Lipinski definition) is 3. The highest BCUT2D eigenvalue weighted by Gasteiger charge is 2.28. The van der Waals surface area contributed by atoms with E-state index in [0.717, 1.165) is 0 Å². The van der Waals surface area contributed by atoms with Crippen LogP contribution in [0.25, 0.3) is 0 Å². The highest BCUT2D eigenvalue weighted by molar-refractivity contribution is 6.02. The van der Waals surface area contributed by atoms with E-state index in [2.05, 4.69) is 5.16 Å². The molecule has 0 bridgehead atoms. The van der Waals surface area contributed by atoms with Gasteiger partial charge >= 0.3 is 0 Å². The van der Waals surface area contributed by atoms with E-state index >= 15 is 0 Å². The normalized spacial score (nSPS) is 14.2. The SMILES string of the molecule is CCN(C)C(=O)C(C(N)=NO)C(C)C. The number of nitrogens with two attached hydrogens (primary N) is 1. The molecular weight excluding hydrogens is 182 g/mol. The van der Waals surface area contributed by atoms with Crippen molar-refractivity contribution in [3.63, 3.8) is 0 Å². The summed E-state index contributed by atoms with van der Waals surface area (Å²) in [5.41, 5.74) is 5.46. The number of nitrogens with zero attached hydrogens (tertiary/aromatic N) is 2. The van der Waals surface area contributed by atoms with E-state index in [1.54, 1.807) is 11.9 Å². The first kappa shape index (κ1) is 12.7. The number of amides is 1. The molecule has 5 nitrogen and oxygen atoms in total. The lowest BCUT2D eigenvalue weighted by Gasteiger charge is -2.24. The number of carbonyl (C=O) groups excluding carboxylic acids is 1.